The lowest BCUT2D eigenvalue weighted by atomic mass is 9.71. The molecule has 2 aliphatic carbocycles. The van der Waals surface area contributed by atoms with Crippen molar-refractivity contribution in [2.24, 2.45) is 11.8 Å². The van der Waals surface area contributed by atoms with Gasteiger partial charge < -0.3 is 19.3 Å². The fraction of sp³-hybridized carbons (Fsp3) is 0.353. The molecule has 3 aliphatic rings. The first-order chi connectivity index (χ1) is 21.5. The monoisotopic (exact) mass is 592 g/mol. The molecule has 5 unspecified atom stereocenters. The average Bonchev–Trinajstić information content (AvgIpc) is 3.05. The average molecular weight is 593 g/mol. The number of ether oxygens (including phenoxy) is 3. The van der Waals surface area contributed by atoms with Gasteiger partial charge in [0.25, 0.3) is 0 Å². The summed E-state index contributed by atoms with van der Waals surface area (Å²) in [6.07, 6.45) is 12.4. The Balaban J connectivity index is 1.14. The van der Waals surface area contributed by atoms with E-state index in [0.717, 1.165) is 50.0 Å². The number of carbonyl (C=O) groups is 2. The number of carbonyl (C=O) groups excluding carboxylic acids is 1. The van der Waals surface area contributed by atoms with Crippen LogP contribution in [-0.4, -0.2) is 55.3 Å². The van der Waals surface area contributed by atoms with Crippen LogP contribution in [0.3, 0.4) is 0 Å². The van der Waals surface area contributed by atoms with Gasteiger partial charge in [-0.3, -0.25) is 19.9 Å². The van der Waals surface area contributed by atoms with Crippen LogP contribution in [0.15, 0.2) is 73.3 Å². The minimum atomic E-state index is -1.06. The van der Waals surface area contributed by atoms with Crippen LogP contribution >= 0.6 is 0 Å². The molecule has 2 saturated carbocycles. The van der Waals surface area contributed by atoms with Crippen molar-refractivity contribution in [2.75, 3.05) is 0 Å². The molecule has 0 radical (unpaired) electrons. The van der Waals surface area contributed by atoms with Crippen LogP contribution in [0.4, 0.5) is 0 Å². The van der Waals surface area contributed by atoms with Crippen LogP contribution in [0.2, 0.25) is 0 Å². The van der Waals surface area contributed by atoms with Gasteiger partial charge in [0.1, 0.15) is 23.7 Å². The van der Waals surface area contributed by atoms with Gasteiger partial charge in [0.05, 0.1) is 40.0 Å². The van der Waals surface area contributed by atoms with Gasteiger partial charge in [-0.05, 0) is 86.8 Å². The highest BCUT2D eigenvalue weighted by atomic mass is 16.5. The standard InChI is InChI=1S/C34H32N4O6/c39-33(40)21-4-8-35-29(15-21)30-16-22(5-9-36-30)34(41)44-28-14-23-13-27(17-28)43-26-7-11-38-32(19-26)31-18-25(6-10-37-31)42-24-3-1-2-20(23)12-24/h4-11,15-16,18-20,23-24,27-28H,1-3,12-14,17H2,(H,39,40). The maximum atomic E-state index is 13.5. The number of carboxylic acids is 1. The van der Waals surface area contributed by atoms with E-state index in [4.69, 9.17) is 14.2 Å². The molecule has 4 aromatic rings. The zero-order chi connectivity index (χ0) is 30.0. The Morgan fingerprint density at radius 3 is 1.91 bits per heavy atom. The molecular weight excluding hydrogens is 560 g/mol. The third kappa shape index (κ3) is 6.10. The van der Waals surface area contributed by atoms with Crippen molar-refractivity contribution < 1.29 is 28.9 Å². The lowest BCUT2D eigenvalue weighted by Gasteiger charge is -2.41. The normalized spacial score (nSPS) is 24.1. The predicted molar refractivity (Wildman–Crippen MR) is 159 cm³/mol. The zero-order valence-electron chi connectivity index (χ0n) is 24.0. The number of esters is 1. The van der Waals surface area contributed by atoms with E-state index in [-0.39, 0.29) is 23.9 Å². The van der Waals surface area contributed by atoms with Crippen LogP contribution in [0.25, 0.3) is 22.8 Å². The van der Waals surface area contributed by atoms with E-state index >= 15 is 0 Å². The van der Waals surface area contributed by atoms with Gasteiger partial charge in [0, 0.05) is 43.3 Å². The molecule has 44 heavy (non-hydrogen) atoms. The molecule has 10 heteroatoms. The first-order valence-corrected chi connectivity index (χ1v) is 15.1. The van der Waals surface area contributed by atoms with Crippen molar-refractivity contribution >= 4 is 11.9 Å². The molecule has 4 aromatic heterocycles. The highest BCUT2D eigenvalue weighted by Crippen LogP contribution is 2.42. The highest BCUT2D eigenvalue weighted by Gasteiger charge is 2.39. The molecular formula is C34H32N4O6. The second-order valence-electron chi connectivity index (χ2n) is 11.8. The zero-order valence-corrected chi connectivity index (χ0v) is 24.0. The molecule has 1 N–H and O–H groups in total. The van der Waals surface area contributed by atoms with Gasteiger partial charge in [-0.2, -0.15) is 0 Å². The van der Waals surface area contributed by atoms with E-state index in [9.17, 15) is 14.7 Å². The Bertz CT molecular complexity index is 1700. The van der Waals surface area contributed by atoms with Crippen molar-refractivity contribution in [2.45, 2.75) is 63.3 Å². The van der Waals surface area contributed by atoms with E-state index in [0.29, 0.717) is 46.7 Å². The second kappa shape index (κ2) is 12.0. The topological polar surface area (TPSA) is 134 Å². The molecule has 0 amide bonds. The van der Waals surface area contributed by atoms with Crippen molar-refractivity contribution in [3.63, 3.8) is 0 Å². The number of aromatic carboxylic acids is 1. The van der Waals surface area contributed by atoms with E-state index < -0.39 is 11.9 Å². The van der Waals surface area contributed by atoms with Crippen molar-refractivity contribution in [1.29, 1.82) is 0 Å². The molecule has 0 saturated heterocycles. The number of aromatic nitrogens is 4. The summed E-state index contributed by atoms with van der Waals surface area (Å²) in [5.41, 5.74) is 2.62. The second-order valence-corrected chi connectivity index (χ2v) is 11.8. The van der Waals surface area contributed by atoms with Gasteiger partial charge in [-0.25, -0.2) is 9.59 Å². The summed E-state index contributed by atoms with van der Waals surface area (Å²) < 4.78 is 19.2. The first-order valence-electron chi connectivity index (χ1n) is 15.1. The van der Waals surface area contributed by atoms with Crippen LogP contribution < -0.4 is 9.47 Å². The Labute approximate surface area is 254 Å². The maximum Gasteiger partial charge on any atom is 0.338 e. The number of carboxylic acid groups (broad SMARTS) is 1. The number of hydrogen-bond acceptors (Lipinski definition) is 9. The predicted octanol–water partition coefficient (Wildman–Crippen LogP) is 6.02. The third-order valence-electron chi connectivity index (χ3n) is 8.86. The number of pyridine rings is 4. The van der Waals surface area contributed by atoms with Crippen LogP contribution in [0, 0.1) is 11.8 Å². The number of fused-ring (bicyclic) bond motifs is 10. The summed E-state index contributed by atoms with van der Waals surface area (Å²) in [5.74, 6) is 0.717. The molecule has 0 aromatic carbocycles. The lowest BCUT2D eigenvalue weighted by molar-refractivity contribution is -0.0276. The lowest BCUT2D eigenvalue weighted by Crippen LogP contribution is -2.40. The molecule has 0 spiro atoms. The smallest absolute Gasteiger partial charge is 0.338 e. The molecule has 2 fully saturated rings. The number of hydrogen-bond donors (Lipinski definition) is 1. The van der Waals surface area contributed by atoms with Crippen LogP contribution in [-0.2, 0) is 4.74 Å². The van der Waals surface area contributed by atoms with Gasteiger partial charge >= 0.3 is 11.9 Å². The Kier molecular flexibility index (Phi) is 7.64. The molecule has 10 nitrogen and oxygen atoms in total. The SMILES string of the molecule is O=C(O)c1ccnc(-c2cc(C(=O)OC3CC4CC(C3)C3CCCC(C3)Oc3ccnc(c3)-c3cc(ccn3)O4)ccn2)c1. The van der Waals surface area contributed by atoms with Crippen LogP contribution in [0.1, 0.15) is 65.7 Å². The summed E-state index contributed by atoms with van der Waals surface area (Å²) in [6, 6.07) is 13.6. The summed E-state index contributed by atoms with van der Waals surface area (Å²) in [5, 5.41) is 9.35. The van der Waals surface area contributed by atoms with Gasteiger partial charge in [-0.15, -0.1) is 0 Å². The van der Waals surface area contributed by atoms with Crippen molar-refractivity contribution in [1.82, 2.24) is 19.9 Å². The largest absolute Gasteiger partial charge is 0.490 e. The molecule has 1 aliphatic heterocycles. The minimum Gasteiger partial charge on any atom is -0.490 e. The Morgan fingerprint density at radius 2 is 1.23 bits per heavy atom. The van der Waals surface area contributed by atoms with Crippen molar-refractivity contribution in [3.8, 4) is 34.3 Å². The fourth-order valence-corrected chi connectivity index (χ4v) is 6.81. The van der Waals surface area contributed by atoms with Gasteiger partial charge in [0.2, 0.25) is 0 Å². The van der Waals surface area contributed by atoms with E-state index in [1.54, 1.807) is 24.5 Å². The van der Waals surface area contributed by atoms with E-state index in [1.807, 2.05) is 24.3 Å². The molecule has 5 heterocycles. The summed E-state index contributed by atoms with van der Waals surface area (Å²) in [6.45, 7) is 0. The van der Waals surface area contributed by atoms with E-state index in [1.165, 1.54) is 24.5 Å². The van der Waals surface area contributed by atoms with Gasteiger partial charge in [0.15, 0.2) is 0 Å². The number of nitrogens with zero attached hydrogens (tertiary/aromatic N) is 4. The molecule has 7 rings (SSSR count). The van der Waals surface area contributed by atoms with E-state index in [2.05, 4.69) is 19.9 Å². The van der Waals surface area contributed by atoms with Gasteiger partial charge in [-0.1, -0.05) is 0 Å². The Morgan fingerprint density at radius 1 is 0.659 bits per heavy atom. The number of rotatable bonds is 4. The van der Waals surface area contributed by atoms with Crippen LogP contribution in [0.5, 0.6) is 11.5 Å². The highest BCUT2D eigenvalue weighted by molar-refractivity contribution is 5.91. The summed E-state index contributed by atoms with van der Waals surface area (Å²) >= 11 is 0. The third-order valence-corrected chi connectivity index (χ3v) is 8.86. The fourth-order valence-electron chi connectivity index (χ4n) is 6.81. The summed E-state index contributed by atoms with van der Waals surface area (Å²) in [4.78, 5) is 42.5. The first kappa shape index (κ1) is 27.9. The Hall–Kier alpha value is -4.86. The molecule has 5 atom stereocenters. The maximum absolute atomic E-state index is 13.5. The quantitative estimate of drug-likeness (QED) is 0.280. The summed E-state index contributed by atoms with van der Waals surface area (Å²) in [7, 11) is 0. The minimum absolute atomic E-state index is 0.0936. The molecule has 224 valence electrons. The molecule has 8 bridgehead atoms. The van der Waals surface area contributed by atoms with Crippen molar-refractivity contribution in [3.05, 3.63) is 84.4 Å².